The lowest BCUT2D eigenvalue weighted by molar-refractivity contribution is 0.788. The summed E-state index contributed by atoms with van der Waals surface area (Å²) in [5, 5.41) is 16.0. The van der Waals surface area contributed by atoms with Crippen LogP contribution in [0.4, 0.5) is 5.95 Å². The maximum Gasteiger partial charge on any atom is 0.221 e. The third kappa shape index (κ3) is 2.75. The van der Waals surface area contributed by atoms with Crippen molar-refractivity contribution in [2.75, 3.05) is 5.73 Å². The Bertz CT molecular complexity index is 790. The molecule has 0 amide bonds. The van der Waals surface area contributed by atoms with Crippen molar-refractivity contribution in [1.82, 2.24) is 29.9 Å². The Labute approximate surface area is 124 Å². The molecule has 8 nitrogen and oxygen atoms in total. The zero-order chi connectivity index (χ0) is 14.8. The van der Waals surface area contributed by atoms with Gasteiger partial charge in [0.2, 0.25) is 5.95 Å². The van der Waals surface area contributed by atoms with Gasteiger partial charge in [0.1, 0.15) is 6.33 Å². The highest BCUT2D eigenvalue weighted by molar-refractivity contribution is 6.31. The predicted octanol–water partition coefficient (Wildman–Crippen LogP) is 1.29. The molecule has 0 radical (unpaired) electrons. The maximum atomic E-state index is 6.03. The van der Waals surface area contributed by atoms with Crippen molar-refractivity contribution in [1.29, 1.82) is 0 Å². The fourth-order valence-corrected chi connectivity index (χ4v) is 2.01. The van der Waals surface area contributed by atoms with Crippen LogP contribution in [0.15, 0.2) is 35.8 Å². The van der Waals surface area contributed by atoms with Crippen LogP contribution in [0.3, 0.4) is 0 Å². The molecule has 2 heterocycles. The van der Waals surface area contributed by atoms with E-state index in [4.69, 9.17) is 17.3 Å². The lowest BCUT2D eigenvalue weighted by atomic mass is 10.2. The summed E-state index contributed by atoms with van der Waals surface area (Å²) in [5.41, 5.74) is 8.03. The molecule has 1 aromatic carbocycles. The number of nitrogen functional groups attached to an aromatic ring is 1. The molecule has 21 heavy (non-hydrogen) atoms. The Morgan fingerprint density at radius 2 is 2.24 bits per heavy atom. The quantitative estimate of drug-likeness (QED) is 0.735. The van der Waals surface area contributed by atoms with Crippen LogP contribution < -0.4 is 5.73 Å². The maximum absolute atomic E-state index is 6.03. The molecule has 2 N–H and O–H groups in total. The second kappa shape index (κ2) is 5.33. The smallest absolute Gasteiger partial charge is 0.221 e. The Morgan fingerprint density at radius 1 is 1.38 bits per heavy atom. The molecule has 3 rings (SSSR count). The van der Waals surface area contributed by atoms with Gasteiger partial charge in [-0.25, -0.2) is 9.66 Å². The zero-order valence-electron chi connectivity index (χ0n) is 11.0. The Morgan fingerprint density at radius 3 is 2.90 bits per heavy atom. The lowest BCUT2D eigenvalue weighted by Gasteiger charge is -2.05. The van der Waals surface area contributed by atoms with Gasteiger partial charge in [0.05, 0.1) is 23.8 Å². The van der Waals surface area contributed by atoms with Crippen molar-refractivity contribution in [3.8, 4) is 5.69 Å². The summed E-state index contributed by atoms with van der Waals surface area (Å²) >= 11 is 6.03. The van der Waals surface area contributed by atoms with Crippen LogP contribution in [0.5, 0.6) is 0 Å². The van der Waals surface area contributed by atoms with E-state index in [2.05, 4.69) is 25.6 Å². The molecule has 0 aliphatic heterocycles. The van der Waals surface area contributed by atoms with Crippen LogP contribution >= 0.6 is 11.6 Å². The molecular formula is C12H11ClN8. The van der Waals surface area contributed by atoms with Crippen LogP contribution in [0, 0.1) is 6.92 Å². The summed E-state index contributed by atoms with van der Waals surface area (Å²) in [6.45, 7) is 1.84. The largest absolute Gasteiger partial charge is 0.368 e. The fraction of sp³-hybridized carbons (Fsp3) is 0.0833. The summed E-state index contributed by atoms with van der Waals surface area (Å²) < 4.78 is 3.01. The molecule has 0 aliphatic rings. The number of aryl methyl sites for hydroxylation is 1. The van der Waals surface area contributed by atoms with E-state index < -0.39 is 0 Å². The van der Waals surface area contributed by atoms with E-state index in [9.17, 15) is 0 Å². The predicted molar refractivity (Wildman–Crippen MR) is 78.5 cm³/mol. The van der Waals surface area contributed by atoms with Crippen molar-refractivity contribution in [2.45, 2.75) is 6.92 Å². The molecule has 0 aliphatic carbocycles. The number of halogens is 1. The number of anilines is 1. The van der Waals surface area contributed by atoms with Crippen molar-refractivity contribution in [2.24, 2.45) is 5.10 Å². The normalized spacial score (nSPS) is 11.3. The minimum atomic E-state index is 0.315. The molecule has 106 valence electrons. The lowest BCUT2D eigenvalue weighted by Crippen LogP contribution is -2.02. The SMILES string of the molecule is Cc1cn(N=Cc2cc(Cl)ccc2-n2cnnn2)c(N)n1. The topological polar surface area (TPSA) is 99.8 Å². The summed E-state index contributed by atoms with van der Waals surface area (Å²) in [5.74, 6) is 0.315. The van der Waals surface area contributed by atoms with Crippen LogP contribution in [-0.2, 0) is 0 Å². The highest BCUT2D eigenvalue weighted by Gasteiger charge is 2.06. The van der Waals surface area contributed by atoms with Crippen molar-refractivity contribution >= 4 is 23.8 Å². The molecule has 0 bridgehead atoms. The van der Waals surface area contributed by atoms with Gasteiger partial charge in [0.15, 0.2) is 0 Å². The van der Waals surface area contributed by atoms with Crippen molar-refractivity contribution in [3.05, 3.63) is 47.0 Å². The Kier molecular flexibility index (Phi) is 3.36. The fourth-order valence-electron chi connectivity index (χ4n) is 1.83. The first kappa shape index (κ1) is 13.3. The van der Waals surface area contributed by atoms with Gasteiger partial charge in [0.25, 0.3) is 0 Å². The third-order valence-corrected chi connectivity index (χ3v) is 2.98. The van der Waals surface area contributed by atoms with Gasteiger partial charge >= 0.3 is 0 Å². The third-order valence-electron chi connectivity index (χ3n) is 2.74. The second-order valence-corrected chi connectivity index (χ2v) is 4.72. The first-order valence-electron chi connectivity index (χ1n) is 6.02. The van der Waals surface area contributed by atoms with Gasteiger partial charge in [-0.2, -0.15) is 9.78 Å². The summed E-state index contributed by atoms with van der Waals surface area (Å²) in [6.07, 6.45) is 4.85. The van der Waals surface area contributed by atoms with Crippen LogP contribution in [0.1, 0.15) is 11.3 Å². The van der Waals surface area contributed by atoms with E-state index in [1.807, 2.05) is 13.0 Å². The van der Waals surface area contributed by atoms with E-state index in [-0.39, 0.29) is 0 Å². The molecule has 0 saturated heterocycles. The number of tetrazole rings is 1. The molecule has 0 unspecified atom stereocenters. The molecule has 0 atom stereocenters. The summed E-state index contributed by atoms with van der Waals surface area (Å²) in [7, 11) is 0. The average molecular weight is 303 g/mol. The van der Waals surface area contributed by atoms with Gasteiger partial charge in [-0.05, 0) is 35.5 Å². The van der Waals surface area contributed by atoms with Gasteiger partial charge in [0, 0.05) is 10.6 Å². The minimum Gasteiger partial charge on any atom is -0.368 e. The van der Waals surface area contributed by atoms with Gasteiger partial charge in [-0.1, -0.05) is 11.6 Å². The molecule has 0 saturated carbocycles. The van der Waals surface area contributed by atoms with E-state index in [0.717, 1.165) is 16.9 Å². The molecule has 3 aromatic rings. The second-order valence-electron chi connectivity index (χ2n) is 4.29. The molecular weight excluding hydrogens is 292 g/mol. The van der Waals surface area contributed by atoms with E-state index in [0.29, 0.717) is 11.0 Å². The first-order chi connectivity index (χ1) is 10.1. The number of aromatic nitrogens is 6. The number of imidazole rings is 1. The Hall–Kier alpha value is -2.74. The molecule has 2 aromatic heterocycles. The highest BCUT2D eigenvalue weighted by atomic mass is 35.5. The highest BCUT2D eigenvalue weighted by Crippen LogP contribution is 2.17. The number of hydrogen-bond donors (Lipinski definition) is 1. The standard InChI is InChI=1S/C12H11ClN8/c1-8-6-20(12(14)17-8)16-5-9-4-10(13)2-3-11(9)21-7-15-18-19-21/h2-7H,1H3,(H2,14,17). The van der Waals surface area contributed by atoms with E-state index in [1.165, 1.54) is 15.7 Å². The van der Waals surface area contributed by atoms with Crippen molar-refractivity contribution < 1.29 is 0 Å². The Balaban J connectivity index is 2.02. The van der Waals surface area contributed by atoms with E-state index >= 15 is 0 Å². The van der Waals surface area contributed by atoms with E-state index in [1.54, 1.807) is 24.5 Å². The summed E-state index contributed by atoms with van der Waals surface area (Å²) in [6, 6.07) is 5.33. The number of nitrogens with two attached hydrogens (primary N) is 1. The van der Waals surface area contributed by atoms with Gasteiger partial charge in [-0.15, -0.1) is 5.10 Å². The monoisotopic (exact) mass is 302 g/mol. The zero-order valence-corrected chi connectivity index (χ0v) is 11.8. The van der Waals surface area contributed by atoms with Crippen LogP contribution in [-0.4, -0.2) is 36.1 Å². The first-order valence-corrected chi connectivity index (χ1v) is 6.40. The molecule has 0 spiro atoms. The minimum absolute atomic E-state index is 0.315. The van der Waals surface area contributed by atoms with Gasteiger partial charge in [-0.3, -0.25) is 0 Å². The van der Waals surface area contributed by atoms with Crippen molar-refractivity contribution in [3.63, 3.8) is 0 Å². The number of rotatable bonds is 3. The number of benzene rings is 1. The number of nitrogens with zero attached hydrogens (tertiary/aromatic N) is 7. The average Bonchev–Trinajstić information content (AvgIpc) is 3.06. The summed E-state index contributed by atoms with van der Waals surface area (Å²) in [4.78, 5) is 4.08. The van der Waals surface area contributed by atoms with Gasteiger partial charge < -0.3 is 5.73 Å². The van der Waals surface area contributed by atoms with Crippen LogP contribution in [0.25, 0.3) is 5.69 Å². The number of hydrogen-bond acceptors (Lipinski definition) is 6. The molecule has 0 fully saturated rings. The van der Waals surface area contributed by atoms with Crippen LogP contribution in [0.2, 0.25) is 5.02 Å². The molecule has 9 heteroatoms.